The van der Waals surface area contributed by atoms with Crippen LogP contribution in [0.25, 0.3) is 0 Å². The maximum absolute atomic E-state index is 12.1. The van der Waals surface area contributed by atoms with Crippen molar-refractivity contribution in [2.24, 2.45) is 0 Å². The lowest BCUT2D eigenvalue weighted by Gasteiger charge is -2.37. The Kier molecular flexibility index (Phi) is 4.97. The Balaban J connectivity index is 1.94. The Hall–Kier alpha value is -2.06. The maximum Gasteiger partial charge on any atom is 0.260 e. The summed E-state index contributed by atoms with van der Waals surface area (Å²) in [6.07, 6.45) is 3.10. The second-order valence-corrected chi connectivity index (χ2v) is 4.79. The minimum atomic E-state index is -0.142. The van der Waals surface area contributed by atoms with Crippen LogP contribution < -0.4 is 4.74 Å². The first-order chi connectivity index (χ1) is 9.76. The average molecular weight is 274 g/mol. The van der Waals surface area contributed by atoms with Gasteiger partial charge in [0.15, 0.2) is 6.61 Å². The van der Waals surface area contributed by atoms with Crippen molar-refractivity contribution in [1.29, 1.82) is 5.26 Å². The predicted molar refractivity (Wildman–Crippen MR) is 73.1 cm³/mol. The largest absolute Gasteiger partial charge is 0.482 e. The normalized spacial score (nSPS) is 14.2. The van der Waals surface area contributed by atoms with Crippen LogP contribution in [0.15, 0.2) is 24.3 Å². The molecule has 20 heavy (non-hydrogen) atoms. The molecule has 0 radical (unpaired) electrons. The number of benzene rings is 1. The molecule has 2 rings (SSSR count). The van der Waals surface area contributed by atoms with Crippen LogP contribution in [-0.4, -0.2) is 41.7 Å². The highest BCUT2D eigenvalue weighted by atomic mass is 16.5. The molecule has 0 bridgehead atoms. The molecule has 0 aromatic heterocycles. The van der Waals surface area contributed by atoms with E-state index in [-0.39, 0.29) is 25.2 Å². The van der Waals surface area contributed by atoms with Crippen molar-refractivity contribution in [3.05, 3.63) is 29.8 Å². The molecule has 0 spiro atoms. The molecule has 5 heteroatoms. The van der Waals surface area contributed by atoms with Crippen molar-refractivity contribution >= 4 is 5.91 Å². The van der Waals surface area contributed by atoms with E-state index in [1.54, 1.807) is 29.2 Å². The summed E-state index contributed by atoms with van der Waals surface area (Å²) in [6.45, 7) is 0.193. The van der Waals surface area contributed by atoms with Crippen LogP contribution in [0.3, 0.4) is 0 Å². The number of carbonyl (C=O) groups is 1. The van der Waals surface area contributed by atoms with Crippen molar-refractivity contribution in [1.82, 2.24) is 4.90 Å². The third-order valence-corrected chi connectivity index (χ3v) is 3.54. The lowest BCUT2D eigenvalue weighted by atomic mass is 9.91. The molecule has 0 heterocycles. The quantitative estimate of drug-likeness (QED) is 0.848. The van der Waals surface area contributed by atoms with E-state index in [0.29, 0.717) is 17.9 Å². The van der Waals surface area contributed by atoms with Gasteiger partial charge in [-0.1, -0.05) is 12.1 Å². The van der Waals surface area contributed by atoms with Gasteiger partial charge in [0.05, 0.1) is 12.2 Å². The molecule has 1 aliphatic carbocycles. The minimum Gasteiger partial charge on any atom is -0.482 e. The van der Waals surface area contributed by atoms with Gasteiger partial charge in [0, 0.05) is 12.6 Å². The first-order valence-electron chi connectivity index (χ1n) is 6.78. The van der Waals surface area contributed by atoms with E-state index in [4.69, 9.17) is 15.1 Å². The van der Waals surface area contributed by atoms with Crippen molar-refractivity contribution in [3.63, 3.8) is 0 Å². The zero-order valence-corrected chi connectivity index (χ0v) is 11.3. The van der Waals surface area contributed by atoms with Gasteiger partial charge in [-0.15, -0.1) is 0 Å². The van der Waals surface area contributed by atoms with Gasteiger partial charge in [-0.05, 0) is 31.4 Å². The Morgan fingerprint density at radius 1 is 1.45 bits per heavy atom. The highest BCUT2D eigenvalue weighted by Gasteiger charge is 2.28. The minimum absolute atomic E-state index is 0.0446. The van der Waals surface area contributed by atoms with Crippen LogP contribution in [-0.2, 0) is 4.79 Å². The van der Waals surface area contributed by atoms with Gasteiger partial charge in [0.25, 0.3) is 5.91 Å². The van der Waals surface area contributed by atoms with E-state index >= 15 is 0 Å². The third kappa shape index (κ3) is 3.28. The molecule has 106 valence electrons. The van der Waals surface area contributed by atoms with Crippen molar-refractivity contribution < 1.29 is 14.6 Å². The highest BCUT2D eigenvalue weighted by molar-refractivity contribution is 5.78. The maximum atomic E-state index is 12.1. The molecular formula is C15H18N2O3. The Labute approximate surface area is 118 Å². The summed E-state index contributed by atoms with van der Waals surface area (Å²) in [6, 6.07) is 9.09. The number of nitrogens with zero attached hydrogens (tertiary/aromatic N) is 2. The van der Waals surface area contributed by atoms with Gasteiger partial charge in [-0.3, -0.25) is 4.79 Å². The summed E-state index contributed by atoms with van der Waals surface area (Å²) in [5, 5.41) is 18.0. The molecule has 1 aliphatic rings. The van der Waals surface area contributed by atoms with Crippen LogP contribution in [0.4, 0.5) is 0 Å². The fourth-order valence-corrected chi connectivity index (χ4v) is 2.22. The van der Waals surface area contributed by atoms with Crippen LogP contribution in [0, 0.1) is 11.3 Å². The first-order valence-corrected chi connectivity index (χ1v) is 6.78. The molecular weight excluding hydrogens is 256 g/mol. The van der Waals surface area contributed by atoms with Crippen LogP contribution in [0.2, 0.25) is 0 Å². The highest BCUT2D eigenvalue weighted by Crippen LogP contribution is 2.25. The van der Waals surface area contributed by atoms with E-state index < -0.39 is 0 Å². The zero-order chi connectivity index (χ0) is 14.4. The van der Waals surface area contributed by atoms with E-state index in [1.165, 1.54) is 0 Å². The summed E-state index contributed by atoms with van der Waals surface area (Å²) in [7, 11) is 0. The fraction of sp³-hybridized carbons (Fsp3) is 0.467. The van der Waals surface area contributed by atoms with Gasteiger partial charge in [-0.25, -0.2) is 0 Å². The number of hydrogen-bond acceptors (Lipinski definition) is 4. The Morgan fingerprint density at radius 2 is 2.20 bits per heavy atom. The molecule has 1 N–H and O–H groups in total. The number of rotatable bonds is 6. The standard InChI is InChI=1S/C15H18N2O3/c16-10-12-4-1-2-7-14(12)20-11-15(19)17(8-9-18)13-5-3-6-13/h1-2,4,7,13,18H,3,5-6,8-9,11H2. The average Bonchev–Trinajstić information content (AvgIpc) is 2.42. The summed E-state index contributed by atoms with van der Waals surface area (Å²) in [4.78, 5) is 13.8. The topological polar surface area (TPSA) is 73.6 Å². The number of ether oxygens (including phenoxy) is 1. The second-order valence-electron chi connectivity index (χ2n) is 4.79. The van der Waals surface area contributed by atoms with Gasteiger partial charge in [0.2, 0.25) is 0 Å². The van der Waals surface area contributed by atoms with Crippen molar-refractivity contribution in [2.75, 3.05) is 19.8 Å². The SMILES string of the molecule is N#Cc1ccccc1OCC(=O)N(CCO)C1CCC1. The molecule has 1 fully saturated rings. The van der Waals surface area contributed by atoms with Gasteiger partial charge in [0.1, 0.15) is 11.8 Å². The van der Waals surface area contributed by atoms with Gasteiger partial charge < -0.3 is 14.7 Å². The van der Waals surface area contributed by atoms with Crippen molar-refractivity contribution in [2.45, 2.75) is 25.3 Å². The number of aliphatic hydroxyl groups is 1. The molecule has 1 aromatic carbocycles. The number of amides is 1. The lowest BCUT2D eigenvalue weighted by Crippen LogP contribution is -2.47. The number of aliphatic hydroxyl groups excluding tert-OH is 1. The molecule has 1 amide bonds. The number of hydrogen-bond donors (Lipinski definition) is 1. The van der Waals surface area contributed by atoms with Crippen LogP contribution in [0.1, 0.15) is 24.8 Å². The zero-order valence-electron chi connectivity index (χ0n) is 11.3. The number of carbonyl (C=O) groups excluding carboxylic acids is 1. The summed E-state index contributed by atoms with van der Waals surface area (Å²) in [5.74, 6) is 0.275. The first kappa shape index (κ1) is 14.4. The molecule has 0 saturated heterocycles. The van der Waals surface area contributed by atoms with Gasteiger partial charge >= 0.3 is 0 Å². The molecule has 0 atom stereocenters. The second kappa shape index (κ2) is 6.92. The van der Waals surface area contributed by atoms with E-state index in [9.17, 15) is 4.79 Å². The molecule has 1 saturated carbocycles. The van der Waals surface area contributed by atoms with Crippen LogP contribution >= 0.6 is 0 Å². The summed E-state index contributed by atoms with van der Waals surface area (Å²) in [5.41, 5.74) is 0.414. The van der Waals surface area contributed by atoms with E-state index in [2.05, 4.69) is 0 Å². The predicted octanol–water partition coefficient (Wildman–Crippen LogP) is 1.31. The van der Waals surface area contributed by atoms with E-state index in [0.717, 1.165) is 19.3 Å². The number of para-hydroxylation sites is 1. The van der Waals surface area contributed by atoms with Crippen LogP contribution in [0.5, 0.6) is 5.75 Å². The summed E-state index contributed by atoms with van der Waals surface area (Å²) < 4.78 is 5.44. The molecule has 0 unspecified atom stereocenters. The summed E-state index contributed by atoms with van der Waals surface area (Å²) >= 11 is 0. The lowest BCUT2D eigenvalue weighted by molar-refractivity contribution is -0.138. The van der Waals surface area contributed by atoms with Crippen molar-refractivity contribution in [3.8, 4) is 11.8 Å². The number of nitriles is 1. The Morgan fingerprint density at radius 3 is 2.80 bits per heavy atom. The molecule has 5 nitrogen and oxygen atoms in total. The fourth-order valence-electron chi connectivity index (χ4n) is 2.22. The molecule has 0 aliphatic heterocycles. The third-order valence-electron chi connectivity index (χ3n) is 3.54. The molecule has 1 aromatic rings. The Bertz CT molecular complexity index is 506. The smallest absolute Gasteiger partial charge is 0.260 e. The van der Waals surface area contributed by atoms with Gasteiger partial charge in [-0.2, -0.15) is 5.26 Å². The van der Waals surface area contributed by atoms with E-state index in [1.807, 2.05) is 6.07 Å². The monoisotopic (exact) mass is 274 g/mol.